The zero-order chi connectivity index (χ0) is 10.9. The summed E-state index contributed by atoms with van der Waals surface area (Å²) in [6.07, 6.45) is 12.4. The van der Waals surface area contributed by atoms with Gasteiger partial charge in [0.15, 0.2) is 0 Å². The molecule has 15 heavy (non-hydrogen) atoms. The van der Waals surface area contributed by atoms with Gasteiger partial charge in [-0.15, -0.1) is 0 Å². The molecule has 0 amide bonds. The van der Waals surface area contributed by atoms with Crippen LogP contribution in [0.4, 0.5) is 0 Å². The van der Waals surface area contributed by atoms with Crippen molar-refractivity contribution in [3.8, 4) is 0 Å². The lowest BCUT2D eigenvalue weighted by atomic mass is 9.83. The fourth-order valence-electron chi connectivity index (χ4n) is 2.10. The summed E-state index contributed by atoms with van der Waals surface area (Å²) in [5, 5.41) is 0. The first-order valence-corrected chi connectivity index (χ1v) is 5.76. The van der Waals surface area contributed by atoms with Crippen molar-refractivity contribution in [2.75, 3.05) is 0 Å². The monoisotopic (exact) mass is 204 g/mol. The highest BCUT2D eigenvalue weighted by molar-refractivity contribution is 5.24. The van der Waals surface area contributed by atoms with Gasteiger partial charge in [0.2, 0.25) is 0 Å². The Hall–Kier alpha value is -0.980. The molecular weight excluding hydrogens is 184 g/mol. The maximum absolute atomic E-state index is 5.66. The second kappa shape index (κ2) is 3.88. The highest BCUT2D eigenvalue weighted by atomic mass is 16.5. The van der Waals surface area contributed by atoms with Crippen molar-refractivity contribution in [2.45, 2.75) is 46.1 Å². The highest BCUT2D eigenvalue weighted by Gasteiger charge is 2.32. The van der Waals surface area contributed by atoms with Gasteiger partial charge in [0.25, 0.3) is 0 Å². The molecule has 0 aromatic heterocycles. The van der Waals surface area contributed by atoms with Gasteiger partial charge in [-0.25, -0.2) is 0 Å². The minimum absolute atomic E-state index is 0.192. The standard InChI is InChI=1S/C14H20O/c1-11-4-6-12(7-5-11)10-13-14(2,3)8-9-15-13/h4,6,8-9,13H,5,7,10H2,1-3H3. The number of rotatable bonds is 2. The molecule has 0 N–H and O–H groups in total. The molecular formula is C14H20O. The SMILES string of the molecule is CC1=CC=C(CC2OC=CC2(C)C)CC1. The van der Waals surface area contributed by atoms with Crippen LogP contribution in [0.15, 0.2) is 35.6 Å². The third kappa shape index (κ3) is 2.34. The lowest BCUT2D eigenvalue weighted by Crippen LogP contribution is -2.25. The lowest BCUT2D eigenvalue weighted by Gasteiger charge is -2.26. The lowest BCUT2D eigenvalue weighted by molar-refractivity contribution is 0.0949. The molecule has 1 heterocycles. The topological polar surface area (TPSA) is 9.23 Å². The van der Waals surface area contributed by atoms with E-state index in [4.69, 9.17) is 4.74 Å². The molecule has 0 aromatic carbocycles. The molecule has 1 aliphatic carbocycles. The Morgan fingerprint density at radius 1 is 1.33 bits per heavy atom. The van der Waals surface area contributed by atoms with Crippen molar-refractivity contribution < 1.29 is 4.74 Å². The second-order valence-corrected chi connectivity index (χ2v) is 5.29. The van der Waals surface area contributed by atoms with Gasteiger partial charge in [-0.05, 0) is 25.8 Å². The van der Waals surface area contributed by atoms with Gasteiger partial charge in [-0.3, -0.25) is 0 Å². The summed E-state index contributed by atoms with van der Waals surface area (Å²) in [5.74, 6) is 0. The van der Waals surface area contributed by atoms with Crippen LogP contribution in [0.1, 0.15) is 40.0 Å². The predicted octanol–water partition coefficient (Wildman–Crippen LogP) is 3.98. The maximum atomic E-state index is 5.66. The Morgan fingerprint density at radius 2 is 2.13 bits per heavy atom. The van der Waals surface area contributed by atoms with E-state index < -0.39 is 0 Å². The van der Waals surface area contributed by atoms with Crippen molar-refractivity contribution in [1.82, 2.24) is 0 Å². The van der Waals surface area contributed by atoms with Crippen LogP contribution in [-0.4, -0.2) is 6.10 Å². The van der Waals surface area contributed by atoms with Crippen LogP contribution in [0.25, 0.3) is 0 Å². The van der Waals surface area contributed by atoms with Gasteiger partial charge < -0.3 is 4.74 Å². The second-order valence-electron chi connectivity index (χ2n) is 5.29. The largest absolute Gasteiger partial charge is 0.497 e. The Kier molecular flexibility index (Phi) is 2.72. The zero-order valence-electron chi connectivity index (χ0n) is 9.92. The van der Waals surface area contributed by atoms with Crippen LogP contribution in [0, 0.1) is 5.41 Å². The average molecular weight is 204 g/mol. The van der Waals surface area contributed by atoms with E-state index in [-0.39, 0.29) is 5.41 Å². The Bertz CT molecular complexity index is 331. The molecule has 0 spiro atoms. The molecule has 0 bridgehead atoms. The van der Waals surface area contributed by atoms with Crippen molar-refractivity contribution in [1.29, 1.82) is 0 Å². The highest BCUT2D eigenvalue weighted by Crippen LogP contribution is 2.36. The third-order valence-electron chi connectivity index (χ3n) is 3.46. The van der Waals surface area contributed by atoms with Crippen LogP contribution in [0.3, 0.4) is 0 Å². The van der Waals surface area contributed by atoms with Crippen molar-refractivity contribution >= 4 is 0 Å². The number of hydrogen-bond donors (Lipinski definition) is 0. The molecule has 1 heteroatoms. The minimum atomic E-state index is 0.192. The fraction of sp³-hybridized carbons (Fsp3) is 0.571. The predicted molar refractivity (Wildman–Crippen MR) is 63.5 cm³/mol. The number of allylic oxidation sites excluding steroid dienone is 3. The van der Waals surface area contributed by atoms with Gasteiger partial charge in [-0.1, -0.05) is 37.1 Å². The van der Waals surface area contributed by atoms with Crippen molar-refractivity contribution in [3.63, 3.8) is 0 Å². The molecule has 0 saturated heterocycles. The smallest absolute Gasteiger partial charge is 0.110 e. The normalized spacial score (nSPS) is 28.3. The Morgan fingerprint density at radius 3 is 2.67 bits per heavy atom. The quantitative estimate of drug-likeness (QED) is 0.661. The molecule has 1 atom stereocenters. The van der Waals surface area contributed by atoms with Gasteiger partial charge >= 0.3 is 0 Å². The summed E-state index contributed by atoms with van der Waals surface area (Å²) in [5.41, 5.74) is 3.21. The molecule has 1 aliphatic heterocycles. The maximum Gasteiger partial charge on any atom is 0.110 e. The molecule has 2 aliphatic rings. The van der Waals surface area contributed by atoms with Crippen LogP contribution in [0.5, 0.6) is 0 Å². The van der Waals surface area contributed by atoms with Crippen molar-refractivity contribution in [3.05, 3.63) is 35.6 Å². The first-order chi connectivity index (χ1) is 7.08. The van der Waals surface area contributed by atoms with Gasteiger partial charge in [0, 0.05) is 11.8 Å². The molecule has 1 nitrogen and oxygen atoms in total. The van der Waals surface area contributed by atoms with Crippen LogP contribution in [-0.2, 0) is 4.74 Å². The summed E-state index contributed by atoms with van der Waals surface area (Å²) in [6.45, 7) is 6.68. The van der Waals surface area contributed by atoms with Crippen LogP contribution >= 0.6 is 0 Å². The van der Waals surface area contributed by atoms with E-state index in [0.29, 0.717) is 6.10 Å². The summed E-state index contributed by atoms with van der Waals surface area (Å²) in [7, 11) is 0. The van der Waals surface area contributed by atoms with Gasteiger partial charge in [0.1, 0.15) is 6.10 Å². The molecule has 2 rings (SSSR count). The number of hydrogen-bond acceptors (Lipinski definition) is 1. The molecule has 1 unspecified atom stereocenters. The Balaban J connectivity index is 1.99. The summed E-state index contributed by atoms with van der Waals surface area (Å²) >= 11 is 0. The molecule has 0 saturated carbocycles. The third-order valence-corrected chi connectivity index (χ3v) is 3.46. The van der Waals surface area contributed by atoms with E-state index in [2.05, 4.69) is 39.0 Å². The van der Waals surface area contributed by atoms with E-state index in [0.717, 1.165) is 6.42 Å². The summed E-state index contributed by atoms with van der Waals surface area (Å²) in [4.78, 5) is 0. The average Bonchev–Trinajstić information content (AvgIpc) is 2.50. The summed E-state index contributed by atoms with van der Waals surface area (Å²) < 4.78 is 5.66. The van der Waals surface area contributed by atoms with Crippen LogP contribution in [0.2, 0.25) is 0 Å². The summed E-state index contributed by atoms with van der Waals surface area (Å²) in [6, 6.07) is 0. The van der Waals surface area contributed by atoms with E-state index in [1.165, 1.54) is 24.0 Å². The molecule has 0 radical (unpaired) electrons. The van der Waals surface area contributed by atoms with Gasteiger partial charge in [0.05, 0.1) is 6.26 Å². The van der Waals surface area contributed by atoms with Crippen molar-refractivity contribution in [2.24, 2.45) is 5.41 Å². The first-order valence-electron chi connectivity index (χ1n) is 5.76. The first kappa shape index (κ1) is 10.5. The van der Waals surface area contributed by atoms with E-state index in [1.54, 1.807) is 0 Å². The zero-order valence-corrected chi connectivity index (χ0v) is 9.92. The van der Waals surface area contributed by atoms with E-state index >= 15 is 0 Å². The van der Waals surface area contributed by atoms with E-state index in [1.807, 2.05) is 6.26 Å². The molecule has 82 valence electrons. The molecule has 0 fully saturated rings. The van der Waals surface area contributed by atoms with Gasteiger partial charge in [-0.2, -0.15) is 0 Å². The molecule has 0 aromatic rings. The number of ether oxygens (including phenoxy) is 1. The Labute approximate surface area is 92.5 Å². The van der Waals surface area contributed by atoms with E-state index in [9.17, 15) is 0 Å². The van der Waals surface area contributed by atoms with Crippen LogP contribution < -0.4 is 0 Å². The fourth-order valence-corrected chi connectivity index (χ4v) is 2.10. The minimum Gasteiger partial charge on any atom is -0.497 e.